The van der Waals surface area contributed by atoms with Crippen molar-refractivity contribution in [3.8, 4) is 0 Å². The molecule has 0 aliphatic heterocycles. The molecule has 1 amide bonds. The molecular formula is C12H13ClN2O4. The first-order chi connectivity index (χ1) is 8.88. The van der Waals surface area contributed by atoms with Crippen LogP contribution in [0.4, 0.5) is 5.69 Å². The second kappa shape index (κ2) is 6.29. The van der Waals surface area contributed by atoms with Gasteiger partial charge >= 0.3 is 0 Å². The fourth-order valence-corrected chi connectivity index (χ4v) is 1.80. The summed E-state index contributed by atoms with van der Waals surface area (Å²) in [4.78, 5) is 33.5. The Hall–Kier alpha value is -1.95. The molecule has 0 radical (unpaired) electrons. The summed E-state index contributed by atoms with van der Waals surface area (Å²) in [7, 11) is 0. The van der Waals surface area contributed by atoms with Crippen LogP contribution in [0, 0.1) is 10.1 Å². The molecule has 102 valence electrons. The molecule has 1 rings (SSSR count). The standard InChI is InChI=1S/C12H13ClN2O4/c1-3-10(16)7(2)14-12(17)11-8(13)5-4-6-9(11)15(18)19/h4-7H,3H2,1-2H3,(H,14,17). The van der Waals surface area contributed by atoms with Gasteiger partial charge in [-0.05, 0) is 13.0 Å². The number of Topliss-reactive ketones (excluding diaryl/α,β-unsaturated/α-hetero) is 1. The largest absolute Gasteiger partial charge is 0.342 e. The summed E-state index contributed by atoms with van der Waals surface area (Å²) < 4.78 is 0. The number of carbonyl (C=O) groups is 2. The molecule has 19 heavy (non-hydrogen) atoms. The quantitative estimate of drug-likeness (QED) is 0.664. The van der Waals surface area contributed by atoms with Crippen LogP contribution in [0.3, 0.4) is 0 Å². The first-order valence-electron chi connectivity index (χ1n) is 5.65. The zero-order valence-corrected chi connectivity index (χ0v) is 11.2. The van der Waals surface area contributed by atoms with Gasteiger partial charge in [0.25, 0.3) is 11.6 Å². The van der Waals surface area contributed by atoms with Crippen molar-refractivity contribution in [2.75, 3.05) is 0 Å². The molecule has 1 aromatic rings. The molecule has 0 bridgehead atoms. The van der Waals surface area contributed by atoms with Crippen molar-refractivity contribution >= 4 is 29.0 Å². The smallest absolute Gasteiger partial charge is 0.283 e. The highest BCUT2D eigenvalue weighted by molar-refractivity contribution is 6.34. The van der Waals surface area contributed by atoms with E-state index in [0.717, 1.165) is 0 Å². The number of amides is 1. The van der Waals surface area contributed by atoms with E-state index in [4.69, 9.17) is 11.6 Å². The van der Waals surface area contributed by atoms with E-state index >= 15 is 0 Å². The number of halogens is 1. The number of hydrogen-bond acceptors (Lipinski definition) is 4. The van der Waals surface area contributed by atoms with Gasteiger partial charge in [0.2, 0.25) is 0 Å². The predicted molar refractivity (Wildman–Crippen MR) is 70.3 cm³/mol. The van der Waals surface area contributed by atoms with E-state index in [1.54, 1.807) is 6.92 Å². The van der Waals surface area contributed by atoms with Crippen LogP contribution in [0.5, 0.6) is 0 Å². The van der Waals surface area contributed by atoms with Crippen LogP contribution in [0.25, 0.3) is 0 Å². The summed E-state index contributed by atoms with van der Waals surface area (Å²) >= 11 is 5.82. The molecule has 0 aliphatic rings. The van der Waals surface area contributed by atoms with Crippen molar-refractivity contribution in [3.63, 3.8) is 0 Å². The van der Waals surface area contributed by atoms with Crippen LogP contribution < -0.4 is 5.32 Å². The molecule has 0 aliphatic carbocycles. The first-order valence-corrected chi connectivity index (χ1v) is 6.02. The highest BCUT2D eigenvalue weighted by Gasteiger charge is 2.25. The number of rotatable bonds is 5. The number of hydrogen-bond donors (Lipinski definition) is 1. The molecule has 0 fully saturated rings. The SMILES string of the molecule is CCC(=O)C(C)NC(=O)c1c(Cl)cccc1[N+](=O)[O-]. The Morgan fingerprint density at radius 1 is 1.47 bits per heavy atom. The third-order valence-electron chi connectivity index (χ3n) is 2.59. The lowest BCUT2D eigenvalue weighted by atomic mass is 10.1. The van der Waals surface area contributed by atoms with Gasteiger partial charge in [-0.2, -0.15) is 0 Å². The number of ketones is 1. The number of nitro groups is 1. The summed E-state index contributed by atoms with van der Waals surface area (Å²) in [6.07, 6.45) is 0.270. The Bertz CT molecular complexity index is 530. The van der Waals surface area contributed by atoms with Crippen LogP contribution in [0.2, 0.25) is 5.02 Å². The molecule has 7 heteroatoms. The van der Waals surface area contributed by atoms with Gasteiger partial charge in [0, 0.05) is 12.5 Å². The summed E-state index contributed by atoms with van der Waals surface area (Å²) in [5, 5.41) is 13.2. The van der Waals surface area contributed by atoms with Gasteiger partial charge in [0.1, 0.15) is 5.56 Å². The first kappa shape index (κ1) is 15.1. The maximum atomic E-state index is 12.0. The molecule has 1 atom stereocenters. The second-order valence-electron chi connectivity index (χ2n) is 3.91. The van der Waals surface area contributed by atoms with E-state index in [0.29, 0.717) is 0 Å². The normalized spacial score (nSPS) is 11.7. The summed E-state index contributed by atoms with van der Waals surface area (Å²) in [5.74, 6) is -0.894. The van der Waals surface area contributed by atoms with Gasteiger partial charge in [-0.1, -0.05) is 24.6 Å². The minimum atomic E-state index is -0.730. The molecule has 6 nitrogen and oxygen atoms in total. The van der Waals surface area contributed by atoms with Crippen molar-refractivity contribution < 1.29 is 14.5 Å². The maximum absolute atomic E-state index is 12.0. The van der Waals surface area contributed by atoms with E-state index < -0.39 is 16.9 Å². The average molecular weight is 285 g/mol. The van der Waals surface area contributed by atoms with E-state index in [1.165, 1.54) is 25.1 Å². The zero-order valence-electron chi connectivity index (χ0n) is 10.5. The zero-order chi connectivity index (χ0) is 14.6. The van der Waals surface area contributed by atoms with Gasteiger partial charge < -0.3 is 5.32 Å². The molecular weight excluding hydrogens is 272 g/mol. The van der Waals surface area contributed by atoms with E-state index in [1.807, 2.05) is 0 Å². The molecule has 0 aromatic heterocycles. The van der Waals surface area contributed by atoms with Crippen molar-refractivity contribution in [1.82, 2.24) is 5.32 Å². The van der Waals surface area contributed by atoms with Crippen LogP contribution in [-0.4, -0.2) is 22.7 Å². The van der Waals surface area contributed by atoms with Crippen LogP contribution in [0.1, 0.15) is 30.6 Å². The molecule has 1 unspecified atom stereocenters. The number of carbonyl (C=O) groups excluding carboxylic acids is 2. The van der Waals surface area contributed by atoms with Crippen LogP contribution in [-0.2, 0) is 4.79 Å². The topological polar surface area (TPSA) is 89.3 Å². The average Bonchev–Trinajstić information content (AvgIpc) is 2.36. The Kier molecular flexibility index (Phi) is 5.00. The molecule has 0 saturated carbocycles. The van der Waals surface area contributed by atoms with E-state index in [-0.39, 0.29) is 28.5 Å². The molecule has 0 heterocycles. The monoisotopic (exact) mass is 284 g/mol. The summed E-state index contributed by atoms with van der Waals surface area (Å²) in [5.41, 5.74) is -0.619. The van der Waals surface area contributed by atoms with Gasteiger partial charge in [-0.15, -0.1) is 0 Å². The van der Waals surface area contributed by atoms with Gasteiger partial charge in [0.05, 0.1) is 16.0 Å². The van der Waals surface area contributed by atoms with Crippen LogP contribution in [0.15, 0.2) is 18.2 Å². The lowest BCUT2D eigenvalue weighted by Gasteiger charge is -2.12. The van der Waals surface area contributed by atoms with Crippen molar-refractivity contribution in [1.29, 1.82) is 0 Å². The van der Waals surface area contributed by atoms with Crippen molar-refractivity contribution in [2.24, 2.45) is 0 Å². The molecule has 1 aromatic carbocycles. The summed E-state index contributed by atoms with van der Waals surface area (Å²) in [6.45, 7) is 3.19. The van der Waals surface area contributed by atoms with Gasteiger partial charge in [-0.3, -0.25) is 19.7 Å². The van der Waals surface area contributed by atoms with Gasteiger partial charge in [0.15, 0.2) is 5.78 Å². The lowest BCUT2D eigenvalue weighted by molar-refractivity contribution is -0.385. The third-order valence-corrected chi connectivity index (χ3v) is 2.91. The highest BCUT2D eigenvalue weighted by Crippen LogP contribution is 2.26. The Labute approximate surface area is 114 Å². The molecule has 0 spiro atoms. The van der Waals surface area contributed by atoms with Crippen LogP contribution >= 0.6 is 11.6 Å². The fourth-order valence-electron chi connectivity index (χ4n) is 1.55. The number of benzene rings is 1. The number of nitrogens with zero attached hydrogens (tertiary/aromatic N) is 1. The maximum Gasteiger partial charge on any atom is 0.283 e. The third kappa shape index (κ3) is 3.51. The fraction of sp³-hybridized carbons (Fsp3) is 0.333. The van der Waals surface area contributed by atoms with Crippen molar-refractivity contribution in [2.45, 2.75) is 26.3 Å². The van der Waals surface area contributed by atoms with E-state index in [2.05, 4.69) is 5.32 Å². The predicted octanol–water partition coefficient (Wildman–Crippen LogP) is 2.35. The lowest BCUT2D eigenvalue weighted by Crippen LogP contribution is -2.38. The Morgan fingerprint density at radius 3 is 2.63 bits per heavy atom. The number of nitro benzene ring substituents is 1. The summed E-state index contributed by atoms with van der Waals surface area (Å²) in [6, 6.07) is 3.24. The molecule has 1 N–H and O–H groups in total. The highest BCUT2D eigenvalue weighted by atomic mass is 35.5. The van der Waals surface area contributed by atoms with Gasteiger partial charge in [-0.25, -0.2) is 0 Å². The van der Waals surface area contributed by atoms with E-state index in [9.17, 15) is 19.7 Å². The molecule has 0 saturated heterocycles. The Balaban J connectivity index is 3.06. The number of nitrogens with one attached hydrogen (secondary N) is 1. The van der Waals surface area contributed by atoms with Crippen molar-refractivity contribution in [3.05, 3.63) is 38.9 Å². The minimum Gasteiger partial charge on any atom is -0.342 e. The Morgan fingerprint density at radius 2 is 2.11 bits per heavy atom. The second-order valence-corrected chi connectivity index (χ2v) is 4.31. The minimum absolute atomic E-state index is 0.0251.